The normalized spacial score (nSPS) is 15.3. The third-order valence-corrected chi connectivity index (χ3v) is 3.03. The molecule has 0 saturated carbocycles. The number of amides is 1. The highest BCUT2D eigenvalue weighted by Crippen LogP contribution is 2.08. The first-order chi connectivity index (χ1) is 9.18. The van der Waals surface area contributed by atoms with Crippen LogP contribution < -0.4 is 10.2 Å². The maximum Gasteiger partial charge on any atom is 0.226 e. The zero-order valence-electron chi connectivity index (χ0n) is 11.0. The van der Waals surface area contributed by atoms with Gasteiger partial charge in [-0.3, -0.25) is 9.59 Å². The molecule has 0 aliphatic carbocycles. The van der Waals surface area contributed by atoms with E-state index in [1.807, 2.05) is 0 Å². The van der Waals surface area contributed by atoms with E-state index in [-0.39, 0.29) is 30.1 Å². The zero-order chi connectivity index (χ0) is 13.7. The Morgan fingerprint density at radius 2 is 2.21 bits per heavy atom. The number of aromatic nitrogens is 1. The van der Waals surface area contributed by atoms with Crippen LogP contribution in [0.5, 0.6) is 5.75 Å². The van der Waals surface area contributed by atoms with Crippen molar-refractivity contribution in [1.82, 2.24) is 9.88 Å². The van der Waals surface area contributed by atoms with Crippen molar-refractivity contribution in [3.63, 3.8) is 0 Å². The summed E-state index contributed by atoms with van der Waals surface area (Å²) in [6, 6.07) is 1.41. The van der Waals surface area contributed by atoms with Crippen molar-refractivity contribution in [2.75, 3.05) is 32.9 Å². The standard InChI is InChI=1S/C13H18N2O4/c1-10-13(11(16)2-4-14-10)19-7-3-12(17)15-5-8-18-9-6-15/h2,4H,3,5-9H2,1H3,(H,14,16). The van der Waals surface area contributed by atoms with E-state index in [2.05, 4.69) is 4.98 Å². The molecule has 1 aromatic rings. The van der Waals surface area contributed by atoms with Crippen molar-refractivity contribution in [3.05, 3.63) is 28.2 Å². The number of aromatic amines is 1. The molecule has 1 amide bonds. The first-order valence-electron chi connectivity index (χ1n) is 6.35. The second-order valence-electron chi connectivity index (χ2n) is 4.39. The third-order valence-electron chi connectivity index (χ3n) is 3.03. The number of aryl methyl sites for hydroxylation is 1. The van der Waals surface area contributed by atoms with Gasteiger partial charge in [0.25, 0.3) is 0 Å². The largest absolute Gasteiger partial charge is 0.487 e. The van der Waals surface area contributed by atoms with Crippen molar-refractivity contribution >= 4 is 5.91 Å². The van der Waals surface area contributed by atoms with Crippen molar-refractivity contribution < 1.29 is 14.3 Å². The minimum Gasteiger partial charge on any atom is -0.487 e. The fourth-order valence-corrected chi connectivity index (χ4v) is 1.96. The number of hydrogen-bond donors (Lipinski definition) is 1. The maximum absolute atomic E-state index is 11.9. The molecular weight excluding hydrogens is 248 g/mol. The molecule has 0 unspecified atom stereocenters. The Morgan fingerprint density at radius 1 is 1.47 bits per heavy atom. The van der Waals surface area contributed by atoms with Crippen LogP contribution in [0.3, 0.4) is 0 Å². The summed E-state index contributed by atoms with van der Waals surface area (Å²) in [7, 11) is 0. The van der Waals surface area contributed by atoms with Crippen molar-refractivity contribution in [2.45, 2.75) is 13.3 Å². The Kier molecular flexibility index (Phi) is 4.57. The Morgan fingerprint density at radius 3 is 2.89 bits per heavy atom. The lowest BCUT2D eigenvalue weighted by atomic mass is 10.3. The van der Waals surface area contributed by atoms with Gasteiger partial charge in [0.1, 0.15) is 0 Å². The Balaban J connectivity index is 1.83. The number of carbonyl (C=O) groups excluding carboxylic acids is 1. The average Bonchev–Trinajstić information content (AvgIpc) is 2.43. The van der Waals surface area contributed by atoms with Gasteiger partial charge < -0.3 is 19.4 Å². The second-order valence-corrected chi connectivity index (χ2v) is 4.39. The molecule has 2 heterocycles. The van der Waals surface area contributed by atoms with E-state index < -0.39 is 0 Å². The SMILES string of the molecule is Cc1[nH]ccc(=O)c1OCCC(=O)N1CCOCC1. The summed E-state index contributed by atoms with van der Waals surface area (Å²) < 4.78 is 10.6. The molecule has 1 N–H and O–H groups in total. The molecule has 1 aromatic heterocycles. The average molecular weight is 266 g/mol. The lowest BCUT2D eigenvalue weighted by Gasteiger charge is -2.26. The van der Waals surface area contributed by atoms with Gasteiger partial charge >= 0.3 is 0 Å². The molecule has 6 nitrogen and oxygen atoms in total. The predicted molar refractivity (Wildman–Crippen MR) is 69.3 cm³/mol. The lowest BCUT2D eigenvalue weighted by Crippen LogP contribution is -2.41. The van der Waals surface area contributed by atoms with Crippen LogP contribution in [0, 0.1) is 6.92 Å². The molecule has 104 valence electrons. The number of ether oxygens (including phenoxy) is 2. The van der Waals surface area contributed by atoms with Gasteiger partial charge in [-0.2, -0.15) is 0 Å². The summed E-state index contributed by atoms with van der Waals surface area (Å²) in [5, 5.41) is 0. The number of rotatable bonds is 4. The molecular formula is C13H18N2O4. The van der Waals surface area contributed by atoms with Crippen LogP contribution in [0.1, 0.15) is 12.1 Å². The van der Waals surface area contributed by atoms with Crippen LogP contribution in [0.15, 0.2) is 17.1 Å². The van der Waals surface area contributed by atoms with E-state index in [0.717, 1.165) is 0 Å². The molecule has 0 aromatic carbocycles. The summed E-state index contributed by atoms with van der Waals surface area (Å²) in [5.74, 6) is 0.325. The van der Waals surface area contributed by atoms with Gasteiger partial charge in [-0.05, 0) is 6.92 Å². The van der Waals surface area contributed by atoms with Crippen molar-refractivity contribution in [3.8, 4) is 5.75 Å². The van der Waals surface area contributed by atoms with Gasteiger partial charge in [0.05, 0.1) is 31.9 Å². The molecule has 0 spiro atoms. The summed E-state index contributed by atoms with van der Waals surface area (Å²) in [5.41, 5.74) is 0.501. The number of carbonyl (C=O) groups is 1. The summed E-state index contributed by atoms with van der Waals surface area (Å²) >= 11 is 0. The van der Waals surface area contributed by atoms with Crippen molar-refractivity contribution in [2.24, 2.45) is 0 Å². The Bertz CT molecular complexity index is 492. The fraction of sp³-hybridized carbons (Fsp3) is 0.538. The van der Waals surface area contributed by atoms with Crippen LogP contribution in [-0.4, -0.2) is 48.7 Å². The summed E-state index contributed by atoms with van der Waals surface area (Å²) in [4.78, 5) is 28.1. The highest BCUT2D eigenvalue weighted by Gasteiger charge is 2.16. The number of hydrogen-bond acceptors (Lipinski definition) is 4. The van der Waals surface area contributed by atoms with E-state index >= 15 is 0 Å². The van der Waals surface area contributed by atoms with E-state index in [1.54, 1.807) is 18.0 Å². The smallest absolute Gasteiger partial charge is 0.226 e. The van der Waals surface area contributed by atoms with Gasteiger partial charge in [0.2, 0.25) is 11.3 Å². The first-order valence-corrected chi connectivity index (χ1v) is 6.35. The predicted octanol–water partition coefficient (Wildman–Crippen LogP) is 0.311. The third kappa shape index (κ3) is 3.57. The van der Waals surface area contributed by atoms with Crippen LogP contribution in [-0.2, 0) is 9.53 Å². The monoisotopic (exact) mass is 266 g/mol. The number of nitrogens with one attached hydrogen (secondary N) is 1. The van der Waals surface area contributed by atoms with Gasteiger partial charge in [-0.15, -0.1) is 0 Å². The number of pyridine rings is 1. The topological polar surface area (TPSA) is 71.6 Å². The van der Waals surface area contributed by atoms with E-state index in [4.69, 9.17) is 9.47 Å². The molecule has 19 heavy (non-hydrogen) atoms. The van der Waals surface area contributed by atoms with Gasteiger partial charge in [-0.25, -0.2) is 0 Å². The Labute approximate surface area is 111 Å². The van der Waals surface area contributed by atoms with E-state index in [0.29, 0.717) is 32.0 Å². The number of H-pyrrole nitrogens is 1. The van der Waals surface area contributed by atoms with E-state index in [9.17, 15) is 9.59 Å². The lowest BCUT2D eigenvalue weighted by molar-refractivity contribution is -0.135. The summed E-state index contributed by atoms with van der Waals surface area (Å²) in [6.45, 7) is 4.41. The van der Waals surface area contributed by atoms with Crippen LogP contribution >= 0.6 is 0 Å². The molecule has 2 rings (SSSR count). The molecule has 0 atom stereocenters. The molecule has 1 saturated heterocycles. The molecule has 6 heteroatoms. The molecule has 1 fully saturated rings. The zero-order valence-corrected chi connectivity index (χ0v) is 11.0. The molecule has 1 aliphatic heterocycles. The minimum atomic E-state index is -0.171. The van der Waals surface area contributed by atoms with Crippen LogP contribution in [0.2, 0.25) is 0 Å². The molecule has 0 bridgehead atoms. The number of morpholine rings is 1. The molecule has 0 radical (unpaired) electrons. The highest BCUT2D eigenvalue weighted by atomic mass is 16.5. The van der Waals surface area contributed by atoms with Gasteiger partial charge in [-0.1, -0.05) is 0 Å². The second kappa shape index (κ2) is 6.38. The van der Waals surface area contributed by atoms with Crippen molar-refractivity contribution in [1.29, 1.82) is 0 Å². The van der Waals surface area contributed by atoms with Gasteiger partial charge in [0.15, 0.2) is 5.75 Å². The quantitative estimate of drug-likeness (QED) is 0.851. The molecule has 1 aliphatic rings. The first kappa shape index (κ1) is 13.6. The fourth-order valence-electron chi connectivity index (χ4n) is 1.96. The number of nitrogens with zero attached hydrogens (tertiary/aromatic N) is 1. The minimum absolute atomic E-state index is 0.0355. The van der Waals surface area contributed by atoms with Crippen LogP contribution in [0.4, 0.5) is 0 Å². The maximum atomic E-state index is 11.9. The van der Waals surface area contributed by atoms with Crippen LogP contribution in [0.25, 0.3) is 0 Å². The summed E-state index contributed by atoms with van der Waals surface area (Å²) in [6.07, 6.45) is 1.84. The Hall–Kier alpha value is -1.82. The highest BCUT2D eigenvalue weighted by molar-refractivity contribution is 5.76. The van der Waals surface area contributed by atoms with E-state index in [1.165, 1.54) is 6.07 Å². The van der Waals surface area contributed by atoms with Gasteiger partial charge in [0, 0.05) is 25.4 Å².